The van der Waals surface area contributed by atoms with Crippen molar-refractivity contribution < 1.29 is 34.2 Å². The molecule has 1 aromatic carbocycles. The molecule has 1 rings (SSSR count). The van der Waals surface area contributed by atoms with Crippen LogP contribution in [0.2, 0.25) is 0 Å². The lowest BCUT2D eigenvalue weighted by Gasteiger charge is -2.26. The maximum absolute atomic E-state index is 13.2. The van der Waals surface area contributed by atoms with Gasteiger partial charge in [-0.05, 0) is 37.2 Å². The number of benzene rings is 1. The smallest absolute Gasteiger partial charge is 0.326 e. The van der Waals surface area contributed by atoms with Crippen molar-refractivity contribution in [3.8, 4) is 0 Å². The van der Waals surface area contributed by atoms with Gasteiger partial charge in [0.1, 0.15) is 18.1 Å². The zero-order chi connectivity index (χ0) is 29.5. The molecule has 14 nitrogen and oxygen atoms in total. The summed E-state index contributed by atoms with van der Waals surface area (Å²) in [5.74, 6) is -5.33. The van der Waals surface area contributed by atoms with Gasteiger partial charge in [-0.1, -0.05) is 44.2 Å². The summed E-state index contributed by atoms with van der Waals surface area (Å²) in [4.78, 5) is 65.2. The first kappa shape index (κ1) is 32.8. The van der Waals surface area contributed by atoms with Crippen molar-refractivity contribution in [2.75, 3.05) is 6.54 Å². The van der Waals surface area contributed by atoms with Crippen molar-refractivity contribution in [1.29, 1.82) is 0 Å². The third-order valence-electron chi connectivity index (χ3n) is 5.55. The van der Waals surface area contributed by atoms with Gasteiger partial charge in [-0.3, -0.25) is 24.2 Å². The Morgan fingerprint density at radius 1 is 0.872 bits per heavy atom. The zero-order valence-corrected chi connectivity index (χ0v) is 22.1. The van der Waals surface area contributed by atoms with Crippen molar-refractivity contribution >= 4 is 35.6 Å². The SMILES string of the molecule is CC(C)CC(NC(=O)C(CCCN=C(N)N)NC(=O)C(N)Cc1ccccc1)C(=O)NC(CC(=O)O)C(=O)O. The van der Waals surface area contributed by atoms with Crippen molar-refractivity contribution in [3.63, 3.8) is 0 Å². The molecule has 0 heterocycles. The standard InChI is InChI=1S/C25H39N7O7/c1-14(2)11-18(23(37)32-19(24(38)39)13-20(33)34)31-22(36)17(9-6-10-29-25(27)28)30-21(35)16(26)12-15-7-4-3-5-8-15/h3-5,7-8,14,16-19H,6,9-13,26H2,1-2H3,(H,30,35)(H,31,36)(H,32,37)(H,33,34)(H,38,39)(H4,27,28,29). The van der Waals surface area contributed by atoms with Crippen LogP contribution >= 0.6 is 0 Å². The van der Waals surface area contributed by atoms with Gasteiger partial charge >= 0.3 is 11.9 Å². The molecule has 14 heteroatoms. The average Bonchev–Trinajstić information content (AvgIpc) is 2.84. The number of nitrogens with one attached hydrogen (secondary N) is 3. The Morgan fingerprint density at radius 3 is 1.97 bits per heavy atom. The average molecular weight is 550 g/mol. The maximum Gasteiger partial charge on any atom is 0.326 e. The summed E-state index contributed by atoms with van der Waals surface area (Å²) in [5.41, 5.74) is 17.6. The number of aliphatic carboxylic acids is 2. The Hall–Kier alpha value is -4.20. The highest BCUT2D eigenvalue weighted by Gasteiger charge is 2.31. The van der Waals surface area contributed by atoms with Crippen LogP contribution in [0.1, 0.15) is 45.1 Å². The van der Waals surface area contributed by atoms with E-state index in [1.165, 1.54) is 0 Å². The fourth-order valence-electron chi connectivity index (χ4n) is 3.63. The molecule has 0 aliphatic rings. The van der Waals surface area contributed by atoms with Crippen LogP contribution in [0.3, 0.4) is 0 Å². The number of carboxylic acids is 2. The number of hydrogen-bond donors (Lipinski definition) is 8. The summed E-state index contributed by atoms with van der Waals surface area (Å²) in [6.45, 7) is 3.76. The summed E-state index contributed by atoms with van der Waals surface area (Å²) in [7, 11) is 0. The summed E-state index contributed by atoms with van der Waals surface area (Å²) < 4.78 is 0. The molecule has 0 saturated carbocycles. The molecule has 0 spiro atoms. The highest BCUT2D eigenvalue weighted by atomic mass is 16.4. The first-order chi connectivity index (χ1) is 18.3. The second-order valence-corrected chi connectivity index (χ2v) is 9.49. The van der Waals surface area contributed by atoms with Crippen LogP contribution in [0, 0.1) is 5.92 Å². The van der Waals surface area contributed by atoms with Crippen LogP contribution in [0.5, 0.6) is 0 Å². The molecule has 39 heavy (non-hydrogen) atoms. The molecule has 0 aliphatic heterocycles. The van der Waals surface area contributed by atoms with Crippen molar-refractivity contribution in [3.05, 3.63) is 35.9 Å². The molecule has 4 atom stereocenters. The number of carbonyl (C=O) groups excluding carboxylic acids is 3. The van der Waals surface area contributed by atoms with E-state index in [1.54, 1.807) is 13.8 Å². The molecule has 0 saturated heterocycles. The largest absolute Gasteiger partial charge is 0.481 e. The number of rotatable bonds is 17. The summed E-state index contributed by atoms with van der Waals surface area (Å²) >= 11 is 0. The Kier molecular flexibility index (Phi) is 14.0. The maximum atomic E-state index is 13.2. The first-order valence-electron chi connectivity index (χ1n) is 12.5. The number of nitrogens with zero attached hydrogens (tertiary/aromatic N) is 1. The molecule has 0 aliphatic carbocycles. The molecule has 1 aromatic rings. The number of aliphatic imine (C=N–C) groups is 1. The van der Waals surface area contributed by atoms with Crippen LogP contribution in [0.15, 0.2) is 35.3 Å². The number of carbonyl (C=O) groups is 5. The van der Waals surface area contributed by atoms with Gasteiger partial charge < -0.3 is 43.4 Å². The van der Waals surface area contributed by atoms with Gasteiger partial charge in [0.05, 0.1) is 12.5 Å². The third kappa shape index (κ3) is 13.2. The van der Waals surface area contributed by atoms with E-state index in [4.69, 9.17) is 22.3 Å². The molecule has 216 valence electrons. The molecule has 3 amide bonds. The lowest BCUT2D eigenvalue weighted by Crippen LogP contribution is -2.57. The molecule has 4 unspecified atom stereocenters. The van der Waals surface area contributed by atoms with Crippen LogP contribution < -0.4 is 33.2 Å². The van der Waals surface area contributed by atoms with E-state index in [1.807, 2.05) is 30.3 Å². The van der Waals surface area contributed by atoms with Crippen molar-refractivity contribution in [2.45, 2.75) is 70.1 Å². The molecule has 11 N–H and O–H groups in total. The van der Waals surface area contributed by atoms with Gasteiger partial charge in [0, 0.05) is 6.54 Å². The van der Waals surface area contributed by atoms with Crippen LogP contribution in [-0.4, -0.2) is 76.5 Å². The van der Waals surface area contributed by atoms with Gasteiger partial charge in [0.15, 0.2) is 5.96 Å². The minimum atomic E-state index is -1.69. The lowest BCUT2D eigenvalue weighted by atomic mass is 10.0. The summed E-state index contributed by atoms with van der Waals surface area (Å²) in [5, 5.41) is 25.6. The number of amides is 3. The van der Waals surface area contributed by atoms with Crippen molar-refractivity contribution in [2.24, 2.45) is 28.1 Å². The van der Waals surface area contributed by atoms with E-state index < -0.39 is 60.2 Å². The number of nitrogens with two attached hydrogens (primary N) is 3. The predicted molar refractivity (Wildman–Crippen MR) is 143 cm³/mol. The monoisotopic (exact) mass is 549 g/mol. The summed E-state index contributed by atoms with van der Waals surface area (Å²) in [6.07, 6.45) is -0.0664. The lowest BCUT2D eigenvalue weighted by molar-refractivity contribution is -0.147. The van der Waals surface area contributed by atoms with Crippen LogP contribution in [-0.2, 0) is 30.4 Å². The second kappa shape index (κ2) is 16.6. The van der Waals surface area contributed by atoms with E-state index in [-0.39, 0.29) is 37.7 Å². The molecular weight excluding hydrogens is 510 g/mol. The third-order valence-corrected chi connectivity index (χ3v) is 5.55. The predicted octanol–water partition coefficient (Wildman–Crippen LogP) is -1.33. The minimum absolute atomic E-state index is 0.0991. The van der Waals surface area contributed by atoms with E-state index in [2.05, 4.69) is 20.9 Å². The highest BCUT2D eigenvalue weighted by Crippen LogP contribution is 2.09. The van der Waals surface area contributed by atoms with Gasteiger partial charge in [-0.25, -0.2) is 4.79 Å². The van der Waals surface area contributed by atoms with Crippen LogP contribution in [0.4, 0.5) is 0 Å². The quantitative estimate of drug-likeness (QED) is 0.0645. The highest BCUT2D eigenvalue weighted by molar-refractivity contribution is 5.94. The Labute approximate surface area is 226 Å². The van der Waals surface area contributed by atoms with Crippen LogP contribution in [0.25, 0.3) is 0 Å². The van der Waals surface area contributed by atoms with Gasteiger partial charge in [-0.2, -0.15) is 0 Å². The molecular formula is C25H39N7O7. The zero-order valence-electron chi connectivity index (χ0n) is 22.1. The molecule has 0 bridgehead atoms. The number of guanidine groups is 1. The first-order valence-corrected chi connectivity index (χ1v) is 12.5. The number of hydrogen-bond acceptors (Lipinski definition) is 7. The normalized spacial score (nSPS) is 13.8. The van der Waals surface area contributed by atoms with Gasteiger partial charge in [-0.15, -0.1) is 0 Å². The Balaban J connectivity index is 3.04. The molecule has 0 aromatic heterocycles. The topological polar surface area (TPSA) is 252 Å². The van der Waals surface area contributed by atoms with E-state index in [0.29, 0.717) is 6.42 Å². The minimum Gasteiger partial charge on any atom is -0.481 e. The fraction of sp³-hybridized carbons (Fsp3) is 0.520. The Bertz CT molecular complexity index is 1010. The number of carboxylic acid groups (broad SMARTS) is 2. The molecule has 0 radical (unpaired) electrons. The van der Waals surface area contributed by atoms with E-state index in [0.717, 1.165) is 5.56 Å². The van der Waals surface area contributed by atoms with Gasteiger partial charge in [0.25, 0.3) is 0 Å². The second-order valence-electron chi connectivity index (χ2n) is 9.49. The Morgan fingerprint density at radius 2 is 1.44 bits per heavy atom. The fourth-order valence-corrected chi connectivity index (χ4v) is 3.63. The van der Waals surface area contributed by atoms with Crippen molar-refractivity contribution in [1.82, 2.24) is 16.0 Å². The van der Waals surface area contributed by atoms with E-state index in [9.17, 15) is 29.1 Å². The molecule has 0 fully saturated rings. The van der Waals surface area contributed by atoms with Gasteiger partial charge in [0.2, 0.25) is 17.7 Å². The summed E-state index contributed by atoms with van der Waals surface area (Å²) in [6, 6.07) is 4.14. The van der Waals surface area contributed by atoms with E-state index >= 15 is 0 Å².